The lowest BCUT2D eigenvalue weighted by Gasteiger charge is -2.17. The average Bonchev–Trinajstić information content (AvgIpc) is 3.12. The van der Waals surface area contributed by atoms with Crippen molar-refractivity contribution < 1.29 is 0 Å². The molecule has 0 spiro atoms. The Hall–Kier alpha value is -3.34. The average molecular weight is 473 g/mol. The van der Waals surface area contributed by atoms with Crippen LogP contribution in [0.5, 0.6) is 0 Å². The molecular formula is C27H22Cl2N4. The van der Waals surface area contributed by atoms with Crippen molar-refractivity contribution in [1.29, 1.82) is 0 Å². The van der Waals surface area contributed by atoms with Gasteiger partial charge in [-0.25, -0.2) is 4.98 Å². The van der Waals surface area contributed by atoms with E-state index in [1.165, 1.54) is 5.56 Å². The third kappa shape index (κ3) is 4.32. The van der Waals surface area contributed by atoms with E-state index in [1.54, 1.807) is 6.07 Å². The van der Waals surface area contributed by atoms with Gasteiger partial charge in [-0.15, -0.1) is 0 Å². The van der Waals surface area contributed by atoms with Crippen molar-refractivity contribution in [2.24, 2.45) is 0 Å². The van der Waals surface area contributed by atoms with Crippen LogP contribution < -0.4 is 5.32 Å². The molecular weight excluding hydrogens is 451 g/mol. The third-order valence-corrected chi connectivity index (χ3v) is 6.09. The van der Waals surface area contributed by atoms with Gasteiger partial charge in [-0.3, -0.25) is 0 Å². The maximum atomic E-state index is 6.29. The number of rotatable bonds is 5. The Morgan fingerprint density at radius 1 is 0.818 bits per heavy atom. The van der Waals surface area contributed by atoms with E-state index in [2.05, 4.69) is 29.6 Å². The second-order valence-corrected chi connectivity index (χ2v) is 8.90. The molecule has 5 rings (SSSR count). The highest BCUT2D eigenvalue weighted by atomic mass is 35.5. The molecule has 0 aliphatic rings. The fourth-order valence-electron chi connectivity index (χ4n) is 4.15. The standard InChI is InChI=1S/C27H22Cl2N4/c1-17-24(13-19-9-5-3-6-10-19)26(31-23-15-21(28)14-22(29)16-23)33-27(30-17)25(18(2)32-33)20-11-7-4-8-12-20/h3-12,14-16,31H,13H2,1-2H3. The Balaban J connectivity index is 1.74. The minimum Gasteiger partial charge on any atom is -0.340 e. The van der Waals surface area contributed by atoms with Crippen molar-refractivity contribution in [3.8, 4) is 11.1 Å². The third-order valence-electron chi connectivity index (χ3n) is 5.66. The van der Waals surface area contributed by atoms with Crippen molar-refractivity contribution in [3.05, 3.63) is 111 Å². The first kappa shape index (κ1) is 21.5. The topological polar surface area (TPSA) is 42.2 Å². The maximum Gasteiger partial charge on any atom is 0.165 e. The molecule has 1 N–H and O–H groups in total. The van der Waals surface area contributed by atoms with Gasteiger partial charge in [0.25, 0.3) is 0 Å². The van der Waals surface area contributed by atoms with Gasteiger partial charge in [0.1, 0.15) is 5.82 Å². The summed E-state index contributed by atoms with van der Waals surface area (Å²) in [4.78, 5) is 5.01. The summed E-state index contributed by atoms with van der Waals surface area (Å²) in [6.07, 6.45) is 0.714. The monoisotopic (exact) mass is 472 g/mol. The summed E-state index contributed by atoms with van der Waals surface area (Å²) < 4.78 is 1.90. The van der Waals surface area contributed by atoms with Crippen LogP contribution in [0.3, 0.4) is 0 Å². The molecule has 33 heavy (non-hydrogen) atoms. The van der Waals surface area contributed by atoms with Gasteiger partial charge in [0.15, 0.2) is 5.65 Å². The molecule has 0 bridgehead atoms. The first-order valence-corrected chi connectivity index (χ1v) is 11.5. The summed E-state index contributed by atoms with van der Waals surface area (Å²) in [5, 5.41) is 9.58. The number of aryl methyl sites for hydroxylation is 2. The number of fused-ring (bicyclic) bond motifs is 1. The van der Waals surface area contributed by atoms with Crippen molar-refractivity contribution in [1.82, 2.24) is 14.6 Å². The van der Waals surface area contributed by atoms with Gasteiger partial charge < -0.3 is 5.32 Å². The summed E-state index contributed by atoms with van der Waals surface area (Å²) >= 11 is 12.6. The molecule has 5 aromatic rings. The highest BCUT2D eigenvalue weighted by Crippen LogP contribution is 2.34. The molecule has 0 aliphatic carbocycles. The fraction of sp³-hybridized carbons (Fsp3) is 0.111. The van der Waals surface area contributed by atoms with Crippen LogP contribution in [-0.4, -0.2) is 14.6 Å². The summed E-state index contributed by atoms with van der Waals surface area (Å²) in [5.41, 5.74) is 7.83. The number of halogens is 2. The molecule has 0 amide bonds. The van der Waals surface area contributed by atoms with Crippen molar-refractivity contribution >= 4 is 40.4 Å². The maximum absolute atomic E-state index is 6.29. The number of benzene rings is 3. The summed E-state index contributed by atoms with van der Waals surface area (Å²) in [6, 6.07) is 26.0. The molecule has 6 heteroatoms. The molecule has 4 nitrogen and oxygen atoms in total. The van der Waals surface area contributed by atoms with Crippen LogP contribution in [0.4, 0.5) is 11.5 Å². The summed E-state index contributed by atoms with van der Waals surface area (Å²) in [6.45, 7) is 4.06. The number of aromatic nitrogens is 3. The number of nitrogens with one attached hydrogen (secondary N) is 1. The minimum atomic E-state index is 0.568. The van der Waals surface area contributed by atoms with Crippen LogP contribution in [0, 0.1) is 13.8 Å². The van der Waals surface area contributed by atoms with Gasteiger partial charge in [0, 0.05) is 39.0 Å². The fourth-order valence-corrected chi connectivity index (χ4v) is 4.67. The second kappa shape index (κ2) is 8.89. The van der Waals surface area contributed by atoms with Crippen molar-refractivity contribution in [2.45, 2.75) is 20.3 Å². The van der Waals surface area contributed by atoms with E-state index >= 15 is 0 Å². The first-order chi connectivity index (χ1) is 16.0. The van der Waals surface area contributed by atoms with Crippen LogP contribution in [0.1, 0.15) is 22.5 Å². The Kier molecular flexibility index (Phi) is 5.79. The summed E-state index contributed by atoms with van der Waals surface area (Å²) in [5.74, 6) is 0.852. The van der Waals surface area contributed by atoms with E-state index in [0.29, 0.717) is 16.5 Å². The number of hydrogen-bond acceptors (Lipinski definition) is 3. The molecule has 2 heterocycles. The van der Waals surface area contributed by atoms with Crippen LogP contribution in [0.15, 0.2) is 78.9 Å². The van der Waals surface area contributed by atoms with Gasteiger partial charge in [0.2, 0.25) is 0 Å². The van der Waals surface area contributed by atoms with Crippen LogP contribution in [-0.2, 0) is 6.42 Å². The zero-order chi connectivity index (χ0) is 22.9. The molecule has 0 unspecified atom stereocenters. The zero-order valence-corrected chi connectivity index (χ0v) is 19.8. The largest absolute Gasteiger partial charge is 0.340 e. The van der Waals surface area contributed by atoms with Gasteiger partial charge in [0.05, 0.1) is 5.69 Å². The molecule has 0 saturated heterocycles. The minimum absolute atomic E-state index is 0.568. The second-order valence-electron chi connectivity index (χ2n) is 8.03. The number of hydrogen-bond donors (Lipinski definition) is 1. The Bertz CT molecular complexity index is 1420. The SMILES string of the molecule is Cc1nc2c(-c3ccccc3)c(C)nn2c(Nc2cc(Cl)cc(Cl)c2)c1Cc1ccccc1. The van der Waals surface area contributed by atoms with Gasteiger partial charge in [-0.05, 0) is 43.2 Å². The molecule has 0 radical (unpaired) electrons. The van der Waals surface area contributed by atoms with Crippen LogP contribution >= 0.6 is 23.2 Å². The van der Waals surface area contributed by atoms with Gasteiger partial charge in [-0.2, -0.15) is 9.61 Å². The van der Waals surface area contributed by atoms with E-state index in [1.807, 2.05) is 66.9 Å². The molecule has 0 saturated carbocycles. The normalized spacial score (nSPS) is 11.2. The Labute approximate surface area is 202 Å². The van der Waals surface area contributed by atoms with Crippen LogP contribution in [0.25, 0.3) is 16.8 Å². The van der Waals surface area contributed by atoms with Crippen molar-refractivity contribution in [2.75, 3.05) is 5.32 Å². The summed E-state index contributed by atoms with van der Waals surface area (Å²) in [7, 11) is 0. The molecule has 0 fully saturated rings. The number of nitrogens with zero attached hydrogens (tertiary/aromatic N) is 3. The lowest BCUT2D eigenvalue weighted by atomic mass is 10.0. The molecule has 0 aliphatic heterocycles. The Morgan fingerprint density at radius 2 is 1.45 bits per heavy atom. The molecule has 2 aromatic heterocycles. The van der Waals surface area contributed by atoms with E-state index in [9.17, 15) is 0 Å². The Morgan fingerprint density at radius 3 is 2.12 bits per heavy atom. The van der Waals surface area contributed by atoms with E-state index in [0.717, 1.165) is 45.2 Å². The van der Waals surface area contributed by atoms with E-state index in [-0.39, 0.29) is 0 Å². The van der Waals surface area contributed by atoms with Gasteiger partial charge in [-0.1, -0.05) is 83.9 Å². The highest BCUT2D eigenvalue weighted by Gasteiger charge is 2.20. The predicted octanol–water partition coefficient (Wildman–Crippen LogP) is 7.65. The number of anilines is 2. The lowest BCUT2D eigenvalue weighted by Crippen LogP contribution is -2.09. The highest BCUT2D eigenvalue weighted by molar-refractivity contribution is 6.35. The van der Waals surface area contributed by atoms with Crippen molar-refractivity contribution in [3.63, 3.8) is 0 Å². The lowest BCUT2D eigenvalue weighted by molar-refractivity contribution is 0.895. The quantitative estimate of drug-likeness (QED) is 0.285. The van der Waals surface area contributed by atoms with Crippen LogP contribution in [0.2, 0.25) is 10.0 Å². The molecule has 0 atom stereocenters. The smallest absolute Gasteiger partial charge is 0.165 e. The molecule has 164 valence electrons. The predicted molar refractivity (Wildman–Crippen MR) is 137 cm³/mol. The van der Waals surface area contributed by atoms with E-state index in [4.69, 9.17) is 33.3 Å². The van der Waals surface area contributed by atoms with Gasteiger partial charge >= 0.3 is 0 Å². The first-order valence-electron chi connectivity index (χ1n) is 10.7. The van der Waals surface area contributed by atoms with E-state index < -0.39 is 0 Å². The zero-order valence-electron chi connectivity index (χ0n) is 18.3. The molecule has 3 aromatic carbocycles.